The quantitative estimate of drug-likeness (QED) is 0.784. The van der Waals surface area contributed by atoms with Crippen LogP contribution < -0.4 is 15.4 Å². The molecule has 22 heavy (non-hydrogen) atoms. The third-order valence-electron chi connectivity index (χ3n) is 2.61. The first-order valence-corrected chi connectivity index (χ1v) is 6.56. The number of aromatic nitrogens is 3. The van der Waals surface area contributed by atoms with Gasteiger partial charge in [0.25, 0.3) is 0 Å². The van der Waals surface area contributed by atoms with Gasteiger partial charge in [0.05, 0.1) is 19.0 Å². The zero-order valence-corrected chi connectivity index (χ0v) is 12.3. The average molecular weight is 307 g/mol. The van der Waals surface area contributed by atoms with E-state index >= 15 is 0 Å². The number of nitrogens with one attached hydrogen (secondary N) is 2. The van der Waals surface area contributed by atoms with Gasteiger partial charge < -0.3 is 24.6 Å². The number of carbonyl (C=O) groups excluding carboxylic acids is 1. The molecule has 2 aromatic rings. The molecule has 0 atom stereocenters. The number of hydrogen-bond acceptors (Lipinski definition) is 7. The highest BCUT2D eigenvalue weighted by Crippen LogP contribution is 2.10. The molecule has 0 fully saturated rings. The Balaban J connectivity index is 1.72. The monoisotopic (exact) mass is 307 g/mol. The van der Waals surface area contributed by atoms with Crippen LogP contribution in [0.4, 0.5) is 10.5 Å². The maximum atomic E-state index is 11.7. The maximum absolute atomic E-state index is 11.7. The van der Waals surface area contributed by atoms with E-state index in [0.717, 1.165) is 0 Å². The normalized spacial score (nSPS) is 10.3. The van der Waals surface area contributed by atoms with Gasteiger partial charge in [-0.05, 0) is 6.07 Å². The van der Waals surface area contributed by atoms with Crippen molar-refractivity contribution in [1.29, 1.82) is 0 Å². The lowest BCUT2D eigenvalue weighted by Crippen LogP contribution is -2.30. The Hall–Kier alpha value is -2.68. The Morgan fingerprint density at radius 3 is 2.91 bits per heavy atom. The number of rotatable bonds is 7. The minimum absolute atomic E-state index is 0.294. The number of anilines is 1. The molecule has 2 heterocycles. The first-order chi connectivity index (χ1) is 10.7. The third kappa shape index (κ3) is 4.70. The lowest BCUT2D eigenvalue weighted by molar-refractivity contribution is 0.174. The molecule has 0 aliphatic rings. The second kappa shape index (κ2) is 7.93. The standard InChI is InChI=1S/C13H17N5O4/c1-20-8-10-17-12(22-18-10)5-6-14-13(19)16-9-3-4-11(21-2)15-7-9/h3-4,7H,5-6,8H2,1-2H3,(H2,14,16,19). The van der Waals surface area contributed by atoms with Gasteiger partial charge in [-0.3, -0.25) is 0 Å². The van der Waals surface area contributed by atoms with Crippen LogP contribution in [0.1, 0.15) is 11.7 Å². The molecule has 0 bridgehead atoms. The summed E-state index contributed by atoms with van der Waals surface area (Å²) in [7, 11) is 3.08. The van der Waals surface area contributed by atoms with Crippen molar-refractivity contribution in [3.63, 3.8) is 0 Å². The predicted molar refractivity (Wildman–Crippen MR) is 76.5 cm³/mol. The minimum Gasteiger partial charge on any atom is -0.481 e. The largest absolute Gasteiger partial charge is 0.481 e. The van der Waals surface area contributed by atoms with Crippen LogP contribution in [0.25, 0.3) is 0 Å². The number of pyridine rings is 1. The van der Waals surface area contributed by atoms with Crippen molar-refractivity contribution in [2.45, 2.75) is 13.0 Å². The van der Waals surface area contributed by atoms with Crippen LogP contribution in [-0.4, -0.2) is 41.9 Å². The fourth-order valence-corrected chi connectivity index (χ4v) is 1.61. The molecule has 0 saturated heterocycles. The Labute approximate surface area is 127 Å². The minimum atomic E-state index is -0.344. The van der Waals surface area contributed by atoms with Gasteiger partial charge in [-0.2, -0.15) is 4.98 Å². The molecule has 0 aromatic carbocycles. The number of methoxy groups -OCH3 is 2. The van der Waals surface area contributed by atoms with Gasteiger partial charge >= 0.3 is 6.03 Å². The molecule has 2 rings (SSSR count). The van der Waals surface area contributed by atoms with E-state index in [0.29, 0.717) is 42.9 Å². The summed E-state index contributed by atoms with van der Waals surface area (Å²) in [6, 6.07) is 3.01. The Morgan fingerprint density at radius 1 is 1.36 bits per heavy atom. The third-order valence-corrected chi connectivity index (χ3v) is 2.61. The summed E-state index contributed by atoms with van der Waals surface area (Å²) in [4.78, 5) is 19.8. The lowest BCUT2D eigenvalue weighted by Gasteiger charge is -2.06. The molecule has 118 valence electrons. The molecule has 9 heteroatoms. The fraction of sp³-hybridized carbons (Fsp3) is 0.385. The van der Waals surface area contributed by atoms with Gasteiger partial charge in [0.15, 0.2) is 5.82 Å². The summed E-state index contributed by atoms with van der Waals surface area (Å²) in [6.45, 7) is 0.659. The molecule has 2 N–H and O–H groups in total. The smallest absolute Gasteiger partial charge is 0.319 e. The lowest BCUT2D eigenvalue weighted by atomic mass is 10.4. The van der Waals surface area contributed by atoms with Crippen LogP contribution in [0, 0.1) is 0 Å². The van der Waals surface area contributed by atoms with Crippen LogP contribution in [0.3, 0.4) is 0 Å². The van der Waals surface area contributed by atoms with E-state index in [2.05, 4.69) is 25.8 Å². The van der Waals surface area contributed by atoms with E-state index in [4.69, 9.17) is 14.0 Å². The van der Waals surface area contributed by atoms with Crippen molar-refractivity contribution < 1.29 is 18.8 Å². The van der Waals surface area contributed by atoms with Gasteiger partial charge in [-0.25, -0.2) is 9.78 Å². The number of carbonyl (C=O) groups is 1. The number of amides is 2. The first kappa shape index (κ1) is 15.7. The number of nitrogens with zero attached hydrogens (tertiary/aromatic N) is 3. The Kier molecular flexibility index (Phi) is 5.66. The zero-order valence-electron chi connectivity index (χ0n) is 12.3. The fourth-order valence-electron chi connectivity index (χ4n) is 1.61. The Morgan fingerprint density at radius 2 is 2.23 bits per heavy atom. The van der Waals surface area contributed by atoms with E-state index in [1.165, 1.54) is 13.3 Å². The van der Waals surface area contributed by atoms with Crippen molar-refractivity contribution in [3.8, 4) is 5.88 Å². The SMILES string of the molecule is COCc1noc(CCNC(=O)Nc2ccc(OC)nc2)n1. The highest BCUT2D eigenvalue weighted by atomic mass is 16.5. The van der Waals surface area contributed by atoms with Crippen LogP contribution >= 0.6 is 0 Å². The van der Waals surface area contributed by atoms with Crippen LogP contribution in [0.2, 0.25) is 0 Å². The van der Waals surface area contributed by atoms with Crippen molar-refractivity contribution in [1.82, 2.24) is 20.4 Å². The van der Waals surface area contributed by atoms with Gasteiger partial charge in [-0.15, -0.1) is 0 Å². The number of urea groups is 1. The van der Waals surface area contributed by atoms with E-state index in [1.54, 1.807) is 19.2 Å². The summed E-state index contributed by atoms with van der Waals surface area (Å²) < 4.78 is 14.8. The second-order valence-corrected chi connectivity index (χ2v) is 4.26. The molecule has 0 aliphatic carbocycles. The molecule has 0 spiro atoms. The van der Waals surface area contributed by atoms with Crippen LogP contribution in [0.15, 0.2) is 22.9 Å². The molecular weight excluding hydrogens is 290 g/mol. The number of hydrogen-bond donors (Lipinski definition) is 2. The van der Waals surface area contributed by atoms with Crippen molar-refractivity contribution in [2.24, 2.45) is 0 Å². The van der Waals surface area contributed by atoms with Gasteiger partial charge in [-0.1, -0.05) is 5.16 Å². The topological polar surface area (TPSA) is 111 Å². The maximum Gasteiger partial charge on any atom is 0.319 e. The molecule has 0 radical (unpaired) electrons. The van der Waals surface area contributed by atoms with Crippen molar-refractivity contribution >= 4 is 11.7 Å². The summed E-state index contributed by atoms with van der Waals surface area (Å²) in [5.74, 6) is 1.40. The summed E-state index contributed by atoms with van der Waals surface area (Å²) in [5, 5.41) is 9.06. The first-order valence-electron chi connectivity index (χ1n) is 6.56. The van der Waals surface area contributed by atoms with Crippen molar-refractivity contribution in [2.75, 3.05) is 26.1 Å². The van der Waals surface area contributed by atoms with Crippen molar-refractivity contribution in [3.05, 3.63) is 30.0 Å². The highest BCUT2D eigenvalue weighted by molar-refractivity contribution is 5.88. The van der Waals surface area contributed by atoms with E-state index < -0.39 is 0 Å². The predicted octanol–water partition coefficient (Wildman–Crippen LogP) is 0.984. The second-order valence-electron chi connectivity index (χ2n) is 4.26. The summed E-state index contributed by atoms with van der Waals surface area (Å²) in [6.07, 6.45) is 1.94. The molecule has 0 unspecified atom stereocenters. The zero-order chi connectivity index (χ0) is 15.8. The molecule has 2 amide bonds. The van der Waals surface area contributed by atoms with Gasteiger partial charge in [0, 0.05) is 26.1 Å². The molecule has 0 saturated carbocycles. The molecule has 9 nitrogen and oxygen atoms in total. The van der Waals surface area contributed by atoms with E-state index in [9.17, 15) is 4.79 Å². The summed E-state index contributed by atoms with van der Waals surface area (Å²) >= 11 is 0. The van der Waals surface area contributed by atoms with Gasteiger partial charge in [0.1, 0.15) is 6.61 Å². The molecule has 2 aromatic heterocycles. The number of ether oxygens (including phenoxy) is 2. The summed E-state index contributed by atoms with van der Waals surface area (Å²) in [5.41, 5.74) is 0.568. The van der Waals surface area contributed by atoms with Crippen LogP contribution in [0.5, 0.6) is 5.88 Å². The average Bonchev–Trinajstić information content (AvgIpc) is 2.96. The van der Waals surface area contributed by atoms with E-state index in [-0.39, 0.29) is 6.03 Å². The highest BCUT2D eigenvalue weighted by Gasteiger charge is 2.07. The van der Waals surface area contributed by atoms with E-state index in [1.807, 2.05) is 0 Å². The molecular formula is C13H17N5O4. The van der Waals surface area contributed by atoms with Crippen LogP contribution in [-0.2, 0) is 17.8 Å². The Bertz CT molecular complexity index is 599. The molecule has 0 aliphatic heterocycles. The van der Waals surface area contributed by atoms with Gasteiger partial charge in [0.2, 0.25) is 11.8 Å².